The quantitative estimate of drug-likeness (QED) is 0.447. The summed E-state index contributed by atoms with van der Waals surface area (Å²) in [5.41, 5.74) is 1.21. The molecule has 3 aliphatic rings. The maximum atomic E-state index is 12.0. The SMILES string of the molecule is O=C(NC1CCC(Nc2nccc(Nc3cc(C4CCCC4)[nH]n3)n2)CC1)NC1COC1. The third-order valence-corrected chi connectivity index (χ3v) is 6.67. The molecule has 0 radical (unpaired) electrons. The molecule has 10 nitrogen and oxygen atoms in total. The highest BCUT2D eigenvalue weighted by atomic mass is 16.5. The average molecular weight is 441 g/mol. The molecule has 0 aromatic carbocycles. The van der Waals surface area contributed by atoms with E-state index < -0.39 is 0 Å². The number of hydrogen-bond acceptors (Lipinski definition) is 7. The van der Waals surface area contributed by atoms with Gasteiger partial charge in [0.2, 0.25) is 5.95 Å². The maximum Gasteiger partial charge on any atom is 0.315 e. The number of aromatic amines is 1. The Kier molecular flexibility index (Phi) is 6.38. The molecule has 3 fully saturated rings. The minimum absolute atomic E-state index is 0.0914. The minimum Gasteiger partial charge on any atom is -0.377 e. The standard InChI is InChI=1S/C22H32N8O2/c31-22(26-17-12-32-13-17)25-16-7-5-15(6-8-16)24-21-23-10-9-19(28-21)27-20-11-18(29-30-20)14-3-1-2-4-14/h9-11,14-17H,1-8,12-13H2,(H2,25,26,31)(H3,23,24,27,28,29,30). The topological polar surface area (TPSA) is 129 Å². The molecule has 0 atom stereocenters. The molecule has 5 rings (SSSR count). The highest BCUT2D eigenvalue weighted by molar-refractivity contribution is 5.74. The number of carbonyl (C=O) groups is 1. The van der Waals surface area contributed by atoms with Crippen molar-refractivity contribution in [1.82, 2.24) is 30.8 Å². The number of urea groups is 1. The molecule has 2 aliphatic carbocycles. The molecule has 0 spiro atoms. The van der Waals surface area contributed by atoms with E-state index in [1.165, 1.54) is 31.4 Å². The number of aromatic nitrogens is 4. The minimum atomic E-state index is -0.0914. The van der Waals surface area contributed by atoms with Crippen LogP contribution in [0.5, 0.6) is 0 Å². The number of amides is 2. The van der Waals surface area contributed by atoms with Crippen LogP contribution in [-0.4, -0.2) is 57.5 Å². The number of H-pyrrole nitrogens is 1. The Morgan fingerprint density at radius 3 is 2.47 bits per heavy atom. The normalized spacial score (nSPS) is 24.0. The molecule has 2 aromatic heterocycles. The zero-order valence-corrected chi connectivity index (χ0v) is 18.3. The van der Waals surface area contributed by atoms with Crippen molar-refractivity contribution in [1.29, 1.82) is 0 Å². The predicted molar refractivity (Wildman–Crippen MR) is 121 cm³/mol. The van der Waals surface area contributed by atoms with Gasteiger partial charge in [0, 0.05) is 36.0 Å². The molecule has 1 saturated heterocycles. The van der Waals surface area contributed by atoms with Gasteiger partial charge in [-0.25, -0.2) is 9.78 Å². The number of nitrogens with one attached hydrogen (secondary N) is 5. The van der Waals surface area contributed by atoms with Crippen LogP contribution in [0.3, 0.4) is 0 Å². The lowest BCUT2D eigenvalue weighted by Gasteiger charge is -2.31. The number of hydrogen-bond donors (Lipinski definition) is 5. The lowest BCUT2D eigenvalue weighted by Crippen LogP contribution is -2.54. The van der Waals surface area contributed by atoms with E-state index in [0.717, 1.165) is 37.3 Å². The highest BCUT2D eigenvalue weighted by Gasteiger charge is 2.25. The first-order valence-corrected chi connectivity index (χ1v) is 11.8. The van der Waals surface area contributed by atoms with Crippen LogP contribution in [0.4, 0.5) is 22.4 Å². The molecule has 0 bridgehead atoms. The van der Waals surface area contributed by atoms with Gasteiger partial charge in [-0.2, -0.15) is 10.1 Å². The predicted octanol–water partition coefficient (Wildman–Crippen LogP) is 3.02. The maximum absolute atomic E-state index is 12.0. The zero-order valence-electron chi connectivity index (χ0n) is 18.3. The smallest absolute Gasteiger partial charge is 0.315 e. The summed E-state index contributed by atoms with van der Waals surface area (Å²) in [6.45, 7) is 1.22. The van der Waals surface area contributed by atoms with Crippen molar-refractivity contribution in [2.75, 3.05) is 23.8 Å². The Bertz CT molecular complexity index is 901. The molecule has 10 heteroatoms. The van der Waals surface area contributed by atoms with E-state index in [4.69, 9.17) is 4.74 Å². The monoisotopic (exact) mass is 440 g/mol. The Hall–Kier alpha value is -2.88. The first kappa shape index (κ1) is 21.0. The molecule has 5 N–H and O–H groups in total. The fourth-order valence-corrected chi connectivity index (χ4v) is 4.77. The number of ether oxygens (including phenoxy) is 1. The van der Waals surface area contributed by atoms with E-state index in [-0.39, 0.29) is 18.1 Å². The summed E-state index contributed by atoms with van der Waals surface area (Å²) in [6, 6.07) is 4.51. The molecule has 2 amide bonds. The molecule has 1 aliphatic heterocycles. The first-order valence-electron chi connectivity index (χ1n) is 11.8. The Balaban J connectivity index is 1.08. The van der Waals surface area contributed by atoms with Gasteiger partial charge < -0.3 is 26.0 Å². The summed E-state index contributed by atoms with van der Waals surface area (Å²) in [5, 5.41) is 20.3. The molecule has 172 valence electrons. The second-order valence-electron chi connectivity index (χ2n) is 9.13. The molecule has 2 aromatic rings. The second kappa shape index (κ2) is 9.72. The number of rotatable bonds is 7. The zero-order chi connectivity index (χ0) is 21.8. The Morgan fingerprint density at radius 1 is 0.969 bits per heavy atom. The van der Waals surface area contributed by atoms with Gasteiger partial charge in [-0.1, -0.05) is 12.8 Å². The van der Waals surface area contributed by atoms with Gasteiger partial charge in [0.15, 0.2) is 5.82 Å². The lowest BCUT2D eigenvalue weighted by atomic mass is 9.91. The highest BCUT2D eigenvalue weighted by Crippen LogP contribution is 2.34. The van der Waals surface area contributed by atoms with Crippen LogP contribution < -0.4 is 21.3 Å². The molecule has 3 heterocycles. The first-order chi connectivity index (χ1) is 15.7. The summed E-state index contributed by atoms with van der Waals surface area (Å²) in [6.07, 6.45) is 10.6. The fraction of sp³-hybridized carbons (Fsp3) is 0.636. The Labute approximate surface area is 187 Å². The van der Waals surface area contributed by atoms with Crippen LogP contribution in [0.2, 0.25) is 0 Å². The van der Waals surface area contributed by atoms with Crippen LogP contribution in [-0.2, 0) is 4.74 Å². The van der Waals surface area contributed by atoms with Crippen LogP contribution in [0.1, 0.15) is 63.0 Å². The van der Waals surface area contributed by atoms with Crippen molar-refractivity contribution < 1.29 is 9.53 Å². The number of carbonyl (C=O) groups excluding carboxylic acids is 1. The van der Waals surface area contributed by atoms with Crippen molar-refractivity contribution >= 4 is 23.6 Å². The summed E-state index contributed by atoms with van der Waals surface area (Å²) in [7, 11) is 0. The van der Waals surface area contributed by atoms with Crippen molar-refractivity contribution in [3.8, 4) is 0 Å². The van der Waals surface area contributed by atoms with Crippen LogP contribution in [0.15, 0.2) is 18.3 Å². The largest absolute Gasteiger partial charge is 0.377 e. The van der Waals surface area contributed by atoms with E-state index in [1.54, 1.807) is 6.20 Å². The summed E-state index contributed by atoms with van der Waals surface area (Å²) >= 11 is 0. The van der Waals surface area contributed by atoms with Crippen LogP contribution in [0, 0.1) is 0 Å². The van der Waals surface area contributed by atoms with Crippen LogP contribution in [0.25, 0.3) is 0 Å². The molecular formula is C22H32N8O2. The third-order valence-electron chi connectivity index (χ3n) is 6.67. The molecule has 32 heavy (non-hydrogen) atoms. The van der Waals surface area contributed by atoms with Gasteiger partial charge in [-0.05, 0) is 44.6 Å². The van der Waals surface area contributed by atoms with Crippen LogP contribution >= 0.6 is 0 Å². The third kappa shape index (κ3) is 5.29. The van der Waals surface area contributed by atoms with E-state index in [0.29, 0.717) is 31.1 Å². The summed E-state index contributed by atoms with van der Waals surface area (Å²) in [4.78, 5) is 21.0. The fourth-order valence-electron chi connectivity index (χ4n) is 4.77. The van der Waals surface area contributed by atoms with Crippen molar-refractivity contribution in [3.05, 3.63) is 24.0 Å². The summed E-state index contributed by atoms with van der Waals surface area (Å²) in [5.74, 6) is 2.72. The van der Waals surface area contributed by atoms with E-state index in [2.05, 4.69) is 47.5 Å². The van der Waals surface area contributed by atoms with E-state index >= 15 is 0 Å². The van der Waals surface area contributed by atoms with Crippen molar-refractivity contribution in [3.63, 3.8) is 0 Å². The van der Waals surface area contributed by atoms with Gasteiger partial charge in [0.1, 0.15) is 5.82 Å². The van der Waals surface area contributed by atoms with E-state index in [9.17, 15) is 4.79 Å². The lowest BCUT2D eigenvalue weighted by molar-refractivity contribution is -0.000200. The second-order valence-corrected chi connectivity index (χ2v) is 9.13. The van der Waals surface area contributed by atoms with Gasteiger partial charge >= 0.3 is 6.03 Å². The number of anilines is 3. The molecular weight excluding hydrogens is 408 g/mol. The van der Waals surface area contributed by atoms with E-state index in [1.807, 2.05) is 6.07 Å². The average Bonchev–Trinajstić information content (AvgIpc) is 3.45. The van der Waals surface area contributed by atoms with Gasteiger partial charge in [0.25, 0.3) is 0 Å². The van der Waals surface area contributed by atoms with Gasteiger partial charge in [-0.3, -0.25) is 5.10 Å². The van der Waals surface area contributed by atoms with Gasteiger partial charge in [0.05, 0.1) is 19.3 Å². The van der Waals surface area contributed by atoms with Gasteiger partial charge in [-0.15, -0.1) is 0 Å². The molecule has 2 saturated carbocycles. The van der Waals surface area contributed by atoms with Crippen molar-refractivity contribution in [2.24, 2.45) is 0 Å². The summed E-state index contributed by atoms with van der Waals surface area (Å²) < 4.78 is 5.09. The Morgan fingerprint density at radius 2 is 1.72 bits per heavy atom. The number of nitrogens with zero attached hydrogens (tertiary/aromatic N) is 3. The molecule has 0 unspecified atom stereocenters. The van der Waals surface area contributed by atoms with Crippen molar-refractivity contribution in [2.45, 2.75) is 75.4 Å².